The van der Waals surface area contributed by atoms with Crippen molar-refractivity contribution in [3.63, 3.8) is 0 Å². The fourth-order valence-electron chi connectivity index (χ4n) is 1.99. The van der Waals surface area contributed by atoms with Crippen LogP contribution in [0.15, 0.2) is 18.9 Å². The van der Waals surface area contributed by atoms with Crippen molar-refractivity contribution < 1.29 is 0 Å². The number of hydrogen-bond donors (Lipinski definition) is 1. The third kappa shape index (κ3) is 4.93. The number of nitrogens with one attached hydrogen (secondary N) is 1. The van der Waals surface area contributed by atoms with Crippen molar-refractivity contribution in [2.45, 2.75) is 46.1 Å². The second kappa shape index (κ2) is 8.69. The summed E-state index contributed by atoms with van der Waals surface area (Å²) in [5, 5.41) is 3.36. The maximum absolute atomic E-state index is 4.72. The second-order valence-electron chi connectivity index (χ2n) is 5.35. The molecule has 1 rings (SSSR count). The van der Waals surface area contributed by atoms with Crippen LogP contribution in [0.2, 0.25) is 0 Å². The lowest BCUT2D eigenvalue weighted by molar-refractivity contribution is 0.680. The van der Waals surface area contributed by atoms with Crippen LogP contribution in [0.25, 0.3) is 0 Å². The molecule has 1 aromatic rings. The fraction of sp³-hybridized carbons (Fsp3) is 0.625. The molecule has 0 radical (unpaired) electrons. The molecule has 0 saturated heterocycles. The van der Waals surface area contributed by atoms with E-state index in [0.717, 1.165) is 49.7 Å². The van der Waals surface area contributed by atoms with Crippen LogP contribution in [0, 0.1) is 0 Å². The number of aromatic nitrogens is 2. The Kier molecular flexibility index (Phi) is 7.23. The molecule has 20 heavy (non-hydrogen) atoms. The lowest BCUT2D eigenvalue weighted by atomic mass is 10.2. The van der Waals surface area contributed by atoms with E-state index < -0.39 is 0 Å². The molecule has 0 saturated carbocycles. The first-order valence-electron chi connectivity index (χ1n) is 7.48. The van der Waals surface area contributed by atoms with Crippen LogP contribution in [0.3, 0.4) is 0 Å². The molecule has 0 aliphatic heterocycles. The predicted molar refractivity (Wildman–Crippen MR) is 86.2 cm³/mol. The third-order valence-electron chi connectivity index (χ3n) is 3.24. The molecule has 0 fully saturated rings. The molecule has 1 heterocycles. The fourth-order valence-corrected chi connectivity index (χ4v) is 1.99. The zero-order valence-electron chi connectivity index (χ0n) is 13.3. The summed E-state index contributed by atoms with van der Waals surface area (Å²) in [6.45, 7) is 12.9. The van der Waals surface area contributed by atoms with Crippen molar-refractivity contribution in [3.8, 4) is 0 Å². The van der Waals surface area contributed by atoms with E-state index in [2.05, 4.69) is 49.6 Å². The van der Waals surface area contributed by atoms with Gasteiger partial charge in [-0.15, -0.1) is 6.58 Å². The molecular formula is C16H28N4. The van der Waals surface area contributed by atoms with Crippen LogP contribution in [0.5, 0.6) is 0 Å². The minimum atomic E-state index is 0.357. The second-order valence-corrected chi connectivity index (χ2v) is 5.35. The lowest BCUT2D eigenvalue weighted by Crippen LogP contribution is -2.24. The molecule has 0 unspecified atom stereocenters. The number of hydrogen-bond acceptors (Lipinski definition) is 4. The highest BCUT2D eigenvalue weighted by molar-refractivity contribution is 5.48. The van der Waals surface area contributed by atoms with Gasteiger partial charge in [0.1, 0.15) is 5.82 Å². The van der Waals surface area contributed by atoms with Gasteiger partial charge in [-0.05, 0) is 19.4 Å². The van der Waals surface area contributed by atoms with Crippen molar-refractivity contribution >= 4 is 5.69 Å². The Morgan fingerprint density at radius 3 is 2.80 bits per heavy atom. The molecular weight excluding hydrogens is 248 g/mol. The minimum Gasteiger partial charge on any atom is -0.372 e. The first-order valence-corrected chi connectivity index (χ1v) is 7.48. The summed E-state index contributed by atoms with van der Waals surface area (Å²) in [4.78, 5) is 11.5. The Morgan fingerprint density at radius 1 is 1.45 bits per heavy atom. The molecule has 1 N–H and O–H groups in total. The van der Waals surface area contributed by atoms with E-state index in [1.807, 2.05) is 12.3 Å². The van der Waals surface area contributed by atoms with Crippen LogP contribution in [-0.4, -0.2) is 30.1 Å². The van der Waals surface area contributed by atoms with Crippen LogP contribution in [0.1, 0.15) is 51.0 Å². The van der Waals surface area contributed by atoms with Crippen LogP contribution in [-0.2, 0) is 6.54 Å². The van der Waals surface area contributed by atoms with Gasteiger partial charge in [-0.2, -0.15) is 0 Å². The highest BCUT2D eigenvalue weighted by Gasteiger charge is 2.12. The van der Waals surface area contributed by atoms with E-state index in [4.69, 9.17) is 4.98 Å². The Bertz CT molecular complexity index is 415. The summed E-state index contributed by atoms with van der Waals surface area (Å²) >= 11 is 0. The summed E-state index contributed by atoms with van der Waals surface area (Å²) < 4.78 is 0. The van der Waals surface area contributed by atoms with E-state index in [1.54, 1.807) is 0 Å². The molecule has 1 aromatic heterocycles. The lowest BCUT2D eigenvalue weighted by Gasteiger charge is -2.22. The highest BCUT2D eigenvalue weighted by Crippen LogP contribution is 2.20. The molecule has 0 amide bonds. The van der Waals surface area contributed by atoms with E-state index >= 15 is 0 Å². The van der Waals surface area contributed by atoms with Crippen LogP contribution < -0.4 is 10.2 Å². The summed E-state index contributed by atoms with van der Waals surface area (Å²) in [6.07, 6.45) is 6.07. The molecule has 4 heteroatoms. The third-order valence-corrected chi connectivity index (χ3v) is 3.24. The van der Waals surface area contributed by atoms with Gasteiger partial charge in [-0.25, -0.2) is 9.97 Å². The molecule has 4 nitrogen and oxygen atoms in total. The quantitative estimate of drug-likeness (QED) is 0.556. The van der Waals surface area contributed by atoms with Crippen LogP contribution >= 0.6 is 0 Å². The zero-order valence-corrected chi connectivity index (χ0v) is 13.3. The molecule has 0 spiro atoms. The smallest absolute Gasteiger partial charge is 0.131 e. The largest absolute Gasteiger partial charge is 0.372 e. The van der Waals surface area contributed by atoms with Gasteiger partial charge in [0.15, 0.2) is 0 Å². The first kappa shape index (κ1) is 16.6. The SMILES string of the molecule is C=CCCCN(C)c1cnc(C(C)C)nc1CNCC. The van der Waals surface area contributed by atoms with Gasteiger partial charge in [0, 0.05) is 26.1 Å². The van der Waals surface area contributed by atoms with Crippen molar-refractivity contribution in [1.82, 2.24) is 15.3 Å². The standard InChI is InChI=1S/C16H28N4/c1-6-8-9-10-20(5)15-12-18-16(13(3)4)19-14(15)11-17-7-2/h6,12-13,17H,1,7-11H2,2-5H3. The van der Waals surface area contributed by atoms with E-state index in [-0.39, 0.29) is 0 Å². The first-order chi connectivity index (χ1) is 9.60. The Hall–Kier alpha value is -1.42. The number of allylic oxidation sites excluding steroid dienone is 1. The molecule has 0 aromatic carbocycles. The van der Waals surface area contributed by atoms with Gasteiger partial charge in [-0.3, -0.25) is 0 Å². The highest BCUT2D eigenvalue weighted by atomic mass is 15.1. The Balaban J connectivity index is 2.88. The van der Waals surface area contributed by atoms with E-state index in [9.17, 15) is 0 Å². The summed E-state index contributed by atoms with van der Waals surface area (Å²) in [7, 11) is 2.10. The summed E-state index contributed by atoms with van der Waals surface area (Å²) in [5.41, 5.74) is 2.21. The van der Waals surface area contributed by atoms with E-state index in [1.165, 1.54) is 0 Å². The summed E-state index contributed by atoms with van der Waals surface area (Å²) in [5.74, 6) is 1.27. The molecule has 0 bridgehead atoms. The maximum atomic E-state index is 4.72. The molecule has 0 aliphatic carbocycles. The maximum Gasteiger partial charge on any atom is 0.131 e. The van der Waals surface area contributed by atoms with Crippen LogP contribution in [0.4, 0.5) is 5.69 Å². The van der Waals surface area contributed by atoms with Gasteiger partial charge in [0.2, 0.25) is 0 Å². The van der Waals surface area contributed by atoms with Crippen molar-refractivity contribution in [2.24, 2.45) is 0 Å². The topological polar surface area (TPSA) is 41.1 Å². The summed E-state index contributed by atoms with van der Waals surface area (Å²) in [6, 6.07) is 0. The number of anilines is 1. The minimum absolute atomic E-state index is 0.357. The molecule has 112 valence electrons. The van der Waals surface area contributed by atoms with Gasteiger partial charge in [0.25, 0.3) is 0 Å². The van der Waals surface area contributed by atoms with Crippen molar-refractivity contribution in [3.05, 3.63) is 30.4 Å². The Labute approximate surface area is 123 Å². The van der Waals surface area contributed by atoms with Gasteiger partial charge >= 0.3 is 0 Å². The predicted octanol–water partition coefficient (Wildman–Crippen LogP) is 3.11. The normalized spacial score (nSPS) is 10.8. The zero-order chi connectivity index (χ0) is 15.0. The van der Waals surface area contributed by atoms with Gasteiger partial charge in [0.05, 0.1) is 17.6 Å². The monoisotopic (exact) mass is 276 g/mol. The van der Waals surface area contributed by atoms with Gasteiger partial charge < -0.3 is 10.2 Å². The Morgan fingerprint density at radius 2 is 2.20 bits per heavy atom. The number of rotatable bonds is 9. The molecule has 0 aliphatic rings. The number of unbranched alkanes of at least 4 members (excludes halogenated alkanes) is 1. The van der Waals surface area contributed by atoms with Crippen molar-refractivity contribution in [1.29, 1.82) is 0 Å². The molecule has 0 atom stereocenters. The number of nitrogens with zero attached hydrogens (tertiary/aromatic N) is 3. The average molecular weight is 276 g/mol. The van der Waals surface area contributed by atoms with Crippen molar-refractivity contribution in [2.75, 3.05) is 25.0 Å². The van der Waals surface area contributed by atoms with Gasteiger partial charge in [-0.1, -0.05) is 26.8 Å². The average Bonchev–Trinajstić information content (AvgIpc) is 2.44. The van der Waals surface area contributed by atoms with E-state index in [0.29, 0.717) is 5.92 Å².